The lowest BCUT2D eigenvalue weighted by molar-refractivity contribution is -0.146. The zero-order valence-corrected chi connectivity index (χ0v) is 15.3. The zero-order chi connectivity index (χ0) is 18.1. The van der Waals surface area contributed by atoms with Crippen molar-refractivity contribution >= 4 is 0 Å². The zero-order valence-electron chi connectivity index (χ0n) is 15.3. The van der Waals surface area contributed by atoms with Crippen molar-refractivity contribution in [3.63, 3.8) is 0 Å². The monoisotopic (exact) mass is 368 g/mol. The second-order valence-corrected chi connectivity index (χ2v) is 7.60. The van der Waals surface area contributed by atoms with Crippen LogP contribution in [0.1, 0.15) is 17.5 Å². The fourth-order valence-corrected chi connectivity index (χ4v) is 4.29. The van der Waals surface area contributed by atoms with Crippen molar-refractivity contribution in [2.45, 2.75) is 25.2 Å². The summed E-state index contributed by atoms with van der Waals surface area (Å²) in [5, 5.41) is 0. The summed E-state index contributed by atoms with van der Waals surface area (Å²) in [4.78, 5) is 6.47. The molecule has 0 saturated carbocycles. The van der Waals surface area contributed by atoms with Crippen molar-refractivity contribution in [2.24, 2.45) is 5.92 Å². The number of likely N-dealkylation sites (tertiary alicyclic amines) is 1. The maximum atomic E-state index is 6.16. The van der Waals surface area contributed by atoms with Gasteiger partial charge in [0, 0.05) is 44.6 Å². The summed E-state index contributed by atoms with van der Waals surface area (Å²) in [5.74, 6) is 2.15. The van der Waals surface area contributed by atoms with Crippen LogP contribution in [0.4, 0.5) is 0 Å². The highest BCUT2D eigenvalue weighted by molar-refractivity contribution is 5.44. The third kappa shape index (κ3) is 3.40. The third-order valence-corrected chi connectivity index (χ3v) is 5.76. The van der Waals surface area contributed by atoms with Crippen LogP contribution in [0.25, 0.3) is 0 Å². The number of fused-ring (bicyclic) bond motifs is 1. The number of hydrogen-bond donors (Lipinski definition) is 0. The summed E-state index contributed by atoms with van der Waals surface area (Å²) in [5.41, 5.74) is 2.38. The molecule has 1 aromatic heterocycles. The van der Waals surface area contributed by atoms with Gasteiger partial charge in [-0.25, -0.2) is 0 Å². The summed E-state index contributed by atoms with van der Waals surface area (Å²) >= 11 is 0. The van der Waals surface area contributed by atoms with E-state index in [4.69, 9.17) is 18.9 Å². The smallest absolute Gasteiger partial charge is 0.231 e. The molecular weight excluding hydrogens is 344 g/mol. The lowest BCUT2D eigenvalue weighted by Gasteiger charge is -2.50. The van der Waals surface area contributed by atoms with Crippen LogP contribution in [0.2, 0.25) is 0 Å². The highest BCUT2D eigenvalue weighted by atomic mass is 16.7. The van der Waals surface area contributed by atoms with Crippen molar-refractivity contribution in [3.8, 4) is 11.5 Å². The molecule has 0 amide bonds. The van der Waals surface area contributed by atoms with E-state index in [1.807, 2.05) is 18.2 Å². The molecule has 3 aliphatic heterocycles. The van der Waals surface area contributed by atoms with E-state index in [9.17, 15) is 0 Å². The van der Waals surface area contributed by atoms with Gasteiger partial charge in [-0.2, -0.15) is 0 Å². The van der Waals surface area contributed by atoms with E-state index >= 15 is 0 Å². The second kappa shape index (κ2) is 7.11. The van der Waals surface area contributed by atoms with Crippen LogP contribution in [0.5, 0.6) is 11.5 Å². The molecule has 2 aromatic rings. The van der Waals surface area contributed by atoms with Crippen LogP contribution >= 0.6 is 0 Å². The van der Waals surface area contributed by atoms with Crippen molar-refractivity contribution < 1.29 is 18.9 Å². The van der Waals surface area contributed by atoms with Gasteiger partial charge in [-0.05, 0) is 41.8 Å². The Kier molecular flexibility index (Phi) is 4.47. The van der Waals surface area contributed by atoms with E-state index in [1.54, 1.807) is 12.4 Å². The number of pyridine rings is 1. The van der Waals surface area contributed by atoms with E-state index in [0.29, 0.717) is 19.3 Å². The van der Waals surface area contributed by atoms with Crippen LogP contribution < -0.4 is 9.47 Å². The number of aromatic nitrogens is 1. The normalized spacial score (nSPS) is 22.9. The van der Waals surface area contributed by atoms with Crippen molar-refractivity contribution in [2.75, 3.05) is 33.1 Å². The van der Waals surface area contributed by atoms with Crippen LogP contribution in [0, 0.1) is 5.92 Å². The quantitative estimate of drug-likeness (QED) is 0.781. The molecule has 1 atom stereocenters. The Balaban J connectivity index is 1.13. The number of benzene rings is 1. The van der Waals surface area contributed by atoms with Crippen LogP contribution in [-0.2, 0) is 22.6 Å². The Bertz CT molecular complexity index is 792. The van der Waals surface area contributed by atoms with Gasteiger partial charge in [-0.1, -0.05) is 6.07 Å². The number of nitrogens with zero attached hydrogens (tertiary/aromatic N) is 2. The number of hydrogen-bond acceptors (Lipinski definition) is 6. The fraction of sp³-hybridized carbons (Fsp3) is 0.476. The summed E-state index contributed by atoms with van der Waals surface area (Å²) in [6.45, 7) is 5.37. The molecule has 5 rings (SSSR count). The van der Waals surface area contributed by atoms with Crippen LogP contribution in [0.3, 0.4) is 0 Å². The highest BCUT2D eigenvalue weighted by Gasteiger charge is 2.52. The molecule has 6 nitrogen and oxygen atoms in total. The number of rotatable bonds is 6. The summed E-state index contributed by atoms with van der Waals surface area (Å²) in [6, 6.07) is 10.2. The minimum Gasteiger partial charge on any atom is -0.454 e. The van der Waals surface area contributed by atoms with E-state index in [-0.39, 0.29) is 5.60 Å². The second-order valence-electron chi connectivity index (χ2n) is 7.60. The Hall–Kier alpha value is -2.15. The highest BCUT2D eigenvalue weighted by Crippen LogP contribution is 2.41. The molecule has 2 saturated heterocycles. The molecule has 2 fully saturated rings. The molecule has 0 radical (unpaired) electrons. The van der Waals surface area contributed by atoms with E-state index in [1.165, 1.54) is 5.56 Å². The molecular formula is C21H24N2O4. The van der Waals surface area contributed by atoms with Gasteiger partial charge in [0.05, 0.1) is 18.8 Å². The molecule has 1 spiro atoms. The van der Waals surface area contributed by atoms with Crippen molar-refractivity contribution in [1.82, 2.24) is 9.88 Å². The van der Waals surface area contributed by atoms with Gasteiger partial charge >= 0.3 is 0 Å². The summed E-state index contributed by atoms with van der Waals surface area (Å²) in [7, 11) is 0. The molecule has 3 aliphatic rings. The van der Waals surface area contributed by atoms with Gasteiger partial charge in [-0.3, -0.25) is 9.88 Å². The van der Waals surface area contributed by atoms with E-state index in [2.05, 4.69) is 22.0 Å². The fourth-order valence-electron chi connectivity index (χ4n) is 4.29. The summed E-state index contributed by atoms with van der Waals surface area (Å²) < 4.78 is 23.0. The molecule has 0 N–H and O–H groups in total. The van der Waals surface area contributed by atoms with Gasteiger partial charge in [-0.15, -0.1) is 0 Å². The molecule has 0 bridgehead atoms. The standard InChI is InChI=1S/C21H24N2O4/c1-2-19-20(26-15-25-19)9-17(1)10-23-13-21(14-23)18(5-8-27-21)12-24-11-16-3-6-22-7-4-16/h1-4,6-7,9,18H,5,8,10-15H2. The van der Waals surface area contributed by atoms with Crippen molar-refractivity contribution in [1.29, 1.82) is 0 Å². The first kappa shape index (κ1) is 17.0. The Morgan fingerprint density at radius 2 is 1.93 bits per heavy atom. The lowest BCUT2D eigenvalue weighted by atomic mass is 9.81. The minimum absolute atomic E-state index is 0.0332. The predicted octanol–water partition coefficient (Wildman–Crippen LogP) is 2.62. The molecule has 1 aromatic carbocycles. The molecule has 142 valence electrons. The lowest BCUT2D eigenvalue weighted by Crippen LogP contribution is -2.64. The molecule has 1 unspecified atom stereocenters. The average molecular weight is 368 g/mol. The topological polar surface area (TPSA) is 53.1 Å². The van der Waals surface area contributed by atoms with E-state index < -0.39 is 0 Å². The first-order chi connectivity index (χ1) is 13.3. The maximum Gasteiger partial charge on any atom is 0.231 e. The van der Waals surface area contributed by atoms with Crippen LogP contribution in [0.15, 0.2) is 42.7 Å². The molecule has 6 heteroatoms. The first-order valence-corrected chi connectivity index (χ1v) is 9.52. The van der Waals surface area contributed by atoms with Crippen LogP contribution in [-0.4, -0.2) is 48.6 Å². The van der Waals surface area contributed by atoms with Gasteiger partial charge < -0.3 is 18.9 Å². The van der Waals surface area contributed by atoms with Gasteiger partial charge in [0.15, 0.2) is 11.5 Å². The first-order valence-electron chi connectivity index (χ1n) is 9.52. The number of ether oxygens (including phenoxy) is 4. The molecule has 4 heterocycles. The minimum atomic E-state index is -0.0332. The van der Waals surface area contributed by atoms with Crippen molar-refractivity contribution in [3.05, 3.63) is 53.9 Å². The largest absolute Gasteiger partial charge is 0.454 e. The van der Waals surface area contributed by atoms with E-state index in [0.717, 1.165) is 56.3 Å². The maximum absolute atomic E-state index is 6.16. The van der Waals surface area contributed by atoms with Gasteiger partial charge in [0.2, 0.25) is 6.79 Å². The van der Waals surface area contributed by atoms with Gasteiger partial charge in [0.25, 0.3) is 0 Å². The van der Waals surface area contributed by atoms with Gasteiger partial charge in [0.1, 0.15) is 0 Å². The average Bonchev–Trinajstić information content (AvgIpc) is 3.29. The summed E-state index contributed by atoms with van der Waals surface area (Å²) in [6.07, 6.45) is 4.69. The predicted molar refractivity (Wildman–Crippen MR) is 98.5 cm³/mol. The SMILES string of the molecule is c1cc(COCC2CCOC23CN(Cc2ccc4c(c2)OCO4)C3)ccn1. The Labute approximate surface area is 159 Å². The Morgan fingerprint density at radius 1 is 1.07 bits per heavy atom. The molecule has 27 heavy (non-hydrogen) atoms. The molecule has 0 aliphatic carbocycles. The Morgan fingerprint density at radius 3 is 2.81 bits per heavy atom. The third-order valence-electron chi connectivity index (χ3n) is 5.76.